The first-order valence-electron chi connectivity index (χ1n) is 13.9. The van der Waals surface area contributed by atoms with E-state index in [0.29, 0.717) is 25.1 Å². The molecule has 2 heterocycles. The van der Waals surface area contributed by atoms with Gasteiger partial charge in [-0.2, -0.15) is 0 Å². The molecule has 1 aromatic heterocycles. The summed E-state index contributed by atoms with van der Waals surface area (Å²) < 4.78 is 11.4. The molecule has 1 N–H and O–H groups in total. The lowest BCUT2D eigenvalue weighted by atomic mass is 9.49. The van der Waals surface area contributed by atoms with Gasteiger partial charge in [-0.05, 0) is 111 Å². The Balaban J connectivity index is 1.02. The van der Waals surface area contributed by atoms with E-state index in [1.807, 2.05) is 47.4 Å². The predicted octanol–water partition coefficient (Wildman–Crippen LogP) is 6.31. The van der Waals surface area contributed by atoms with Gasteiger partial charge in [-0.3, -0.25) is 9.59 Å². The number of amides is 2. The maximum Gasteiger partial charge on any atom is 0.254 e. The minimum Gasteiger partial charge on any atom is -0.497 e. The van der Waals surface area contributed by atoms with Crippen molar-refractivity contribution in [1.29, 1.82) is 0 Å². The van der Waals surface area contributed by atoms with Crippen LogP contribution in [0.1, 0.15) is 60.2 Å². The van der Waals surface area contributed by atoms with Gasteiger partial charge in [0.2, 0.25) is 5.91 Å². The second-order valence-corrected chi connectivity index (χ2v) is 12.0. The maximum absolute atomic E-state index is 13.4. The molecule has 196 valence electrons. The average Bonchev–Trinajstić information content (AvgIpc) is 3.36. The van der Waals surface area contributed by atoms with Gasteiger partial charge in [-0.1, -0.05) is 0 Å². The molecule has 0 spiro atoms. The molecule has 3 aromatic rings. The largest absolute Gasteiger partial charge is 0.497 e. The highest BCUT2D eigenvalue weighted by Crippen LogP contribution is 2.60. The van der Waals surface area contributed by atoms with Crippen LogP contribution in [0, 0.1) is 23.2 Å². The van der Waals surface area contributed by atoms with Crippen LogP contribution in [-0.2, 0) is 17.8 Å². The van der Waals surface area contributed by atoms with E-state index >= 15 is 0 Å². The lowest BCUT2D eigenvalue weighted by Crippen LogP contribution is -2.51. The fourth-order valence-electron chi connectivity index (χ4n) is 7.94. The molecule has 0 saturated heterocycles. The summed E-state index contributed by atoms with van der Waals surface area (Å²) in [6.45, 7) is 1.16. The number of methoxy groups -OCH3 is 1. The standard InChI is InChI=1S/C32H34N2O4/c1-37-27-8-4-24(5-9-27)30(35)34-11-10-28-25(19-34)15-29(38-28)23-2-6-26(7-3-23)33-31(36)32-16-20-12-21(17-32)14-22(13-20)18-32/h2-9,15,20-22H,10-14,16-19H2,1H3,(H,33,36). The number of rotatable bonds is 5. The number of anilines is 1. The van der Waals surface area contributed by atoms with Crippen molar-refractivity contribution in [3.63, 3.8) is 0 Å². The summed E-state index contributed by atoms with van der Waals surface area (Å²) in [7, 11) is 1.62. The Morgan fingerprint density at radius 1 is 0.947 bits per heavy atom. The smallest absolute Gasteiger partial charge is 0.254 e. The number of ether oxygens (including phenoxy) is 1. The molecule has 0 unspecified atom stereocenters. The van der Waals surface area contributed by atoms with Gasteiger partial charge in [-0.25, -0.2) is 0 Å². The van der Waals surface area contributed by atoms with Crippen LogP contribution in [0.15, 0.2) is 59.0 Å². The third kappa shape index (κ3) is 4.11. The fraction of sp³-hybridized carbons (Fsp3) is 0.438. The number of nitrogens with zero attached hydrogens (tertiary/aromatic N) is 1. The number of hydrogen-bond donors (Lipinski definition) is 1. The Hall–Kier alpha value is -3.54. The lowest BCUT2D eigenvalue weighted by molar-refractivity contribution is -0.140. The van der Waals surface area contributed by atoms with Crippen molar-refractivity contribution in [2.24, 2.45) is 23.2 Å². The first-order valence-corrected chi connectivity index (χ1v) is 13.9. The molecule has 0 radical (unpaired) electrons. The van der Waals surface area contributed by atoms with E-state index in [2.05, 4.69) is 5.32 Å². The highest BCUT2D eigenvalue weighted by molar-refractivity contribution is 5.96. The summed E-state index contributed by atoms with van der Waals surface area (Å²) in [4.78, 5) is 28.3. The van der Waals surface area contributed by atoms with Crippen molar-refractivity contribution < 1.29 is 18.7 Å². The average molecular weight is 511 g/mol. The zero-order valence-electron chi connectivity index (χ0n) is 21.9. The normalized spacial score (nSPS) is 27.2. The van der Waals surface area contributed by atoms with Crippen LogP contribution in [0.4, 0.5) is 5.69 Å². The van der Waals surface area contributed by atoms with Gasteiger partial charge in [0.1, 0.15) is 17.3 Å². The van der Waals surface area contributed by atoms with Gasteiger partial charge in [-0.15, -0.1) is 0 Å². The lowest BCUT2D eigenvalue weighted by Gasteiger charge is -2.55. The number of carbonyl (C=O) groups excluding carboxylic acids is 2. The number of fused-ring (bicyclic) bond motifs is 1. The van der Waals surface area contributed by atoms with Crippen molar-refractivity contribution in [3.8, 4) is 17.1 Å². The molecule has 4 bridgehead atoms. The summed E-state index contributed by atoms with van der Waals surface area (Å²) in [6, 6.07) is 17.3. The molecule has 4 saturated carbocycles. The second kappa shape index (κ2) is 9.04. The van der Waals surface area contributed by atoms with Gasteiger partial charge in [0.15, 0.2) is 0 Å². The van der Waals surface area contributed by atoms with E-state index in [4.69, 9.17) is 9.15 Å². The van der Waals surface area contributed by atoms with Gasteiger partial charge in [0.05, 0.1) is 12.5 Å². The Bertz CT molecular complexity index is 1340. The van der Waals surface area contributed by atoms with E-state index < -0.39 is 0 Å². The number of benzene rings is 2. The zero-order chi connectivity index (χ0) is 25.9. The monoisotopic (exact) mass is 510 g/mol. The predicted molar refractivity (Wildman–Crippen MR) is 145 cm³/mol. The third-order valence-corrected chi connectivity index (χ3v) is 9.44. The molecule has 8 rings (SSSR count). The quantitative estimate of drug-likeness (QED) is 0.437. The SMILES string of the molecule is COc1ccc(C(=O)N2CCc3oc(-c4ccc(NC(=O)C56CC7CC(CC(C7)C5)C6)cc4)cc3C2)cc1. The van der Waals surface area contributed by atoms with E-state index in [0.717, 1.165) is 71.1 Å². The zero-order valence-corrected chi connectivity index (χ0v) is 21.9. The van der Waals surface area contributed by atoms with Gasteiger partial charge in [0.25, 0.3) is 5.91 Å². The first-order chi connectivity index (χ1) is 18.5. The van der Waals surface area contributed by atoms with Gasteiger partial charge < -0.3 is 19.4 Å². The van der Waals surface area contributed by atoms with Crippen LogP contribution in [0.2, 0.25) is 0 Å². The highest BCUT2D eigenvalue weighted by atomic mass is 16.5. The van der Waals surface area contributed by atoms with Crippen LogP contribution < -0.4 is 10.1 Å². The Labute approximate surface area is 223 Å². The molecule has 4 aliphatic carbocycles. The number of nitrogens with one attached hydrogen (secondary N) is 1. The maximum atomic E-state index is 13.4. The van der Waals surface area contributed by atoms with E-state index in [9.17, 15) is 9.59 Å². The van der Waals surface area contributed by atoms with Crippen LogP contribution in [0.3, 0.4) is 0 Å². The first kappa shape index (κ1) is 23.6. The highest BCUT2D eigenvalue weighted by Gasteiger charge is 2.54. The Morgan fingerprint density at radius 2 is 1.61 bits per heavy atom. The van der Waals surface area contributed by atoms with Crippen molar-refractivity contribution in [3.05, 3.63) is 71.5 Å². The van der Waals surface area contributed by atoms with Crippen LogP contribution in [0.5, 0.6) is 5.75 Å². The van der Waals surface area contributed by atoms with E-state index in [1.54, 1.807) is 19.2 Å². The van der Waals surface area contributed by atoms with Gasteiger partial charge >= 0.3 is 0 Å². The molecule has 4 fully saturated rings. The minimum atomic E-state index is -0.150. The molecular weight excluding hydrogens is 476 g/mol. The van der Waals surface area contributed by atoms with Crippen molar-refractivity contribution in [1.82, 2.24) is 4.90 Å². The van der Waals surface area contributed by atoms with E-state index in [1.165, 1.54) is 19.3 Å². The molecule has 2 aromatic carbocycles. The summed E-state index contributed by atoms with van der Waals surface area (Å²) in [5, 5.41) is 3.25. The number of hydrogen-bond acceptors (Lipinski definition) is 4. The van der Waals surface area contributed by atoms with Crippen molar-refractivity contribution >= 4 is 17.5 Å². The molecule has 5 aliphatic rings. The van der Waals surface area contributed by atoms with Crippen molar-refractivity contribution in [2.45, 2.75) is 51.5 Å². The Kier molecular flexibility index (Phi) is 5.60. The summed E-state index contributed by atoms with van der Waals surface area (Å²) >= 11 is 0. The molecular formula is C32H34N2O4. The molecule has 0 atom stereocenters. The summed E-state index contributed by atoms with van der Waals surface area (Å²) in [6.07, 6.45) is 7.90. The van der Waals surface area contributed by atoms with Crippen LogP contribution in [0.25, 0.3) is 11.3 Å². The summed E-state index contributed by atoms with van der Waals surface area (Å²) in [5.74, 6) is 4.97. The molecule has 1 aliphatic heterocycles. The molecule has 6 heteroatoms. The molecule has 6 nitrogen and oxygen atoms in total. The van der Waals surface area contributed by atoms with Crippen molar-refractivity contribution in [2.75, 3.05) is 19.0 Å². The van der Waals surface area contributed by atoms with Gasteiger partial charge in [0, 0.05) is 41.9 Å². The number of furan rings is 1. The van der Waals surface area contributed by atoms with E-state index in [-0.39, 0.29) is 17.2 Å². The van der Waals surface area contributed by atoms with Crippen LogP contribution in [-0.4, -0.2) is 30.4 Å². The third-order valence-electron chi connectivity index (χ3n) is 9.44. The summed E-state index contributed by atoms with van der Waals surface area (Å²) in [5.41, 5.74) is 3.38. The molecule has 2 amide bonds. The van der Waals surface area contributed by atoms with Crippen LogP contribution >= 0.6 is 0 Å². The Morgan fingerprint density at radius 3 is 2.24 bits per heavy atom. The topological polar surface area (TPSA) is 71.8 Å². The second-order valence-electron chi connectivity index (χ2n) is 12.0. The number of carbonyl (C=O) groups is 2. The molecule has 38 heavy (non-hydrogen) atoms. The minimum absolute atomic E-state index is 0.0140. The fourth-order valence-corrected chi connectivity index (χ4v) is 7.94.